The number of rotatable bonds is 6. The van der Waals surface area contributed by atoms with Crippen LogP contribution in [-0.2, 0) is 0 Å². The van der Waals surface area contributed by atoms with Gasteiger partial charge in [0.25, 0.3) is 5.91 Å². The summed E-state index contributed by atoms with van der Waals surface area (Å²) in [4.78, 5) is 31.1. The highest BCUT2D eigenvalue weighted by atomic mass is 32.2. The van der Waals surface area contributed by atoms with E-state index in [9.17, 15) is 22.8 Å². The number of nitrogens with zero attached hydrogens (tertiary/aromatic N) is 1. The first-order valence-corrected chi connectivity index (χ1v) is 9.49. The fourth-order valence-electron chi connectivity index (χ4n) is 2.52. The Hall–Kier alpha value is -3.73. The molecule has 0 atom stereocenters. The van der Waals surface area contributed by atoms with Crippen molar-refractivity contribution in [1.82, 2.24) is 15.3 Å². The maximum atomic E-state index is 13.8. The average Bonchev–Trinajstić information content (AvgIpc) is 3.22. The van der Waals surface area contributed by atoms with Gasteiger partial charge in [0.1, 0.15) is 28.2 Å². The van der Waals surface area contributed by atoms with Gasteiger partial charge in [-0.15, -0.1) is 0 Å². The molecule has 2 aromatic heterocycles. The van der Waals surface area contributed by atoms with E-state index in [-0.39, 0.29) is 27.9 Å². The number of H-pyrrole nitrogens is 1. The maximum Gasteiger partial charge on any atom is 0.268 e. The molecule has 2 heterocycles. The molecular formula is C20H14F3N5O2S. The predicted molar refractivity (Wildman–Crippen MR) is 109 cm³/mol. The highest BCUT2D eigenvalue weighted by Crippen LogP contribution is 2.19. The lowest BCUT2D eigenvalue weighted by Gasteiger charge is -2.06. The lowest BCUT2D eigenvalue weighted by Crippen LogP contribution is -2.28. The van der Waals surface area contributed by atoms with Gasteiger partial charge < -0.3 is 10.3 Å². The van der Waals surface area contributed by atoms with E-state index in [1.165, 1.54) is 6.20 Å². The number of amides is 1. The van der Waals surface area contributed by atoms with Crippen LogP contribution in [0.4, 0.5) is 13.2 Å². The molecule has 0 unspecified atom stereocenters. The molecule has 0 saturated carbocycles. The molecule has 0 saturated heterocycles. The van der Waals surface area contributed by atoms with Crippen molar-refractivity contribution in [1.29, 1.82) is 10.8 Å². The van der Waals surface area contributed by atoms with Crippen LogP contribution in [0.25, 0.3) is 0 Å². The van der Waals surface area contributed by atoms with E-state index in [0.29, 0.717) is 17.8 Å². The van der Waals surface area contributed by atoms with Gasteiger partial charge in [-0.25, -0.2) is 13.2 Å². The minimum absolute atomic E-state index is 0.0256. The summed E-state index contributed by atoms with van der Waals surface area (Å²) in [5.74, 6) is -5.59. The number of halogens is 3. The van der Waals surface area contributed by atoms with Gasteiger partial charge in [-0.05, 0) is 18.2 Å². The molecule has 0 bridgehead atoms. The normalized spacial score (nSPS) is 10.5. The van der Waals surface area contributed by atoms with Crippen LogP contribution in [-0.4, -0.2) is 38.3 Å². The summed E-state index contributed by atoms with van der Waals surface area (Å²) in [6.07, 6.45) is 2.61. The Morgan fingerprint density at radius 1 is 1.10 bits per heavy atom. The molecule has 1 aromatic carbocycles. The first-order valence-electron chi connectivity index (χ1n) is 8.67. The Morgan fingerprint density at radius 2 is 1.81 bits per heavy atom. The Labute approximate surface area is 178 Å². The number of aromatic nitrogens is 2. The highest BCUT2D eigenvalue weighted by Gasteiger charge is 2.22. The van der Waals surface area contributed by atoms with Crippen molar-refractivity contribution in [3.05, 3.63) is 88.8 Å². The van der Waals surface area contributed by atoms with Crippen LogP contribution in [0, 0.1) is 28.3 Å². The van der Waals surface area contributed by atoms with Gasteiger partial charge in [-0.2, -0.15) is 0 Å². The lowest BCUT2D eigenvalue weighted by atomic mass is 10.0. The van der Waals surface area contributed by atoms with Crippen LogP contribution in [0.1, 0.15) is 32.1 Å². The molecular weight excluding hydrogens is 431 g/mol. The summed E-state index contributed by atoms with van der Waals surface area (Å²) >= 11 is 0.813. The molecule has 0 radical (unpaired) electrons. The van der Waals surface area contributed by atoms with E-state index in [0.717, 1.165) is 24.0 Å². The van der Waals surface area contributed by atoms with Crippen LogP contribution < -0.4 is 5.32 Å². The number of hydrogen-bond acceptors (Lipinski definition) is 6. The number of pyridine rings is 1. The molecule has 0 aliphatic carbocycles. The van der Waals surface area contributed by atoms with E-state index >= 15 is 0 Å². The maximum absolute atomic E-state index is 13.8. The summed E-state index contributed by atoms with van der Waals surface area (Å²) in [7, 11) is 0. The second-order valence-electron chi connectivity index (χ2n) is 6.13. The van der Waals surface area contributed by atoms with Gasteiger partial charge >= 0.3 is 0 Å². The second-order valence-corrected chi connectivity index (χ2v) is 7.23. The van der Waals surface area contributed by atoms with Crippen LogP contribution in [0.2, 0.25) is 0 Å². The number of hydrogen-bond donors (Lipinski definition) is 4. The van der Waals surface area contributed by atoms with Crippen LogP contribution in [0.3, 0.4) is 0 Å². The van der Waals surface area contributed by atoms with Crippen molar-refractivity contribution in [3.63, 3.8) is 0 Å². The molecule has 11 heteroatoms. The number of ketones is 1. The smallest absolute Gasteiger partial charge is 0.268 e. The Morgan fingerprint density at radius 3 is 2.45 bits per heavy atom. The second kappa shape index (κ2) is 9.39. The molecule has 3 aromatic rings. The number of carbonyl (C=O) groups excluding carboxylic acids is 2. The summed E-state index contributed by atoms with van der Waals surface area (Å²) in [5.41, 5.74) is -0.824. The minimum atomic E-state index is -1.35. The molecule has 1 amide bonds. The fraction of sp³-hybridized carbons (Fsp3) is 0.0500. The molecule has 4 N–H and O–H groups in total. The van der Waals surface area contributed by atoms with Gasteiger partial charge in [0.2, 0.25) is 0 Å². The predicted octanol–water partition coefficient (Wildman–Crippen LogP) is 3.52. The number of thioether (sulfide) groups is 1. The van der Waals surface area contributed by atoms with Crippen molar-refractivity contribution in [2.24, 2.45) is 0 Å². The van der Waals surface area contributed by atoms with Crippen LogP contribution >= 0.6 is 11.8 Å². The summed E-state index contributed by atoms with van der Waals surface area (Å²) < 4.78 is 40.6. The largest absolute Gasteiger partial charge is 0.356 e. The number of benzene rings is 1. The van der Waals surface area contributed by atoms with E-state index in [1.807, 2.05) is 0 Å². The van der Waals surface area contributed by atoms with Crippen molar-refractivity contribution in [2.75, 3.05) is 6.54 Å². The minimum Gasteiger partial charge on any atom is -0.356 e. The van der Waals surface area contributed by atoms with Gasteiger partial charge in [-0.3, -0.25) is 25.4 Å². The average molecular weight is 445 g/mol. The zero-order valence-electron chi connectivity index (χ0n) is 15.6. The van der Waals surface area contributed by atoms with Crippen molar-refractivity contribution >= 4 is 33.5 Å². The number of nitrogens with one attached hydrogen (secondary N) is 4. The van der Waals surface area contributed by atoms with E-state index < -0.39 is 34.7 Å². The van der Waals surface area contributed by atoms with E-state index in [4.69, 9.17) is 10.8 Å². The SMILES string of the molecule is N=C(CNC(=O)c1cc(C(=O)c2c(F)cc(F)cc2F)c[nH]1)SC(=N)c1ccccn1. The summed E-state index contributed by atoms with van der Waals surface area (Å²) in [6, 6.07) is 6.89. The third-order valence-electron chi connectivity index (χ3n) is 3.96. The summed E-state index contributed by atoms with van der Waals surface area (Å²) in [6.45, 7) is -0.192. The Bertz CT molecular complexity index is 1160. The van der Waals surface area contributed by atoms with E-state index in [2.05, 4.69) is 15.3 Å². The zero-order valence-corrected chi connectivity index (χ0v) is 16.4. The molecule has 0 spiro atoms. The molecule has 0 aliphatic rings. The Balaban J connectivity index is 1.61. The quantitative estimate of drug-likeness (QED) is 0.263. The van der Waals surface area contributed by atoms with Crippen LogP contribution in [0.5, 0.6) is 0 Å². The molecule has 158 valence electrons. The molecule has 3 rings (SSSR count). The third kappa shape index (κ3) is 5.25. The van der Waals surface area contributed by atoms with Gasteiger partial charge in [0, 0.05) is 30.1 Å². The number of aromatic amines is 1. The zero-order chi connectivity index (χ0) is 22.5. The fourth-order valence-corrected chi connectivity index (χ4v) is 3.14. The topological polar surface area (TPSA) is 123 Å². The lowest BCUT2D eigenvalue weighted by molar-refractivity contribution is 0.0955. The number of carbonyl (C=O) groups is 2. The first-order chi connectivity index (χ1) is 14.8. The summed E-state index contributed by atoms with van der Waals surface area (Å²) in [5, 5.41) is 18.2. The molecule has 7 nitrogen and oxygen atoms in total. The third-order valence-corrected chi connectivity index (χ3v) is 4.76. The van der Waals surface area contributed by atoms with Crippen molar-refractivity contribution in [3.8, 4) is 0 Å². The first kappa shape index (κ1) is 22.0. The van der Waals surface area contributed by atoms with E-state index in [1.54, 1.807) is 18.2 Å². The molecule has 0 aliphatic heterocycles. The molecule has 0 fully saturated rings. The van der Waals surface area contributed by atoms with Crippen LogP contribution in [0.15, 0.2) is 48.8 Å². The van der Waals surface area contributed by atoms with Crippen molar-refractivity contribution < 1.29 is 22.8 Å². The van der Waals surface area contributed by atoms with Crippen molar-refractivity contribution in [2.45, 2.75) is 0 Å². The highest BCUT2D eigenvalue weighted by molar-refractivity contribution is 8.26. The molecule has 31 heavy (non-hydrogen) atoms. The van der Waals surface area contributed by atoms with Gasteiger partial charge in [0.15, 0.2) is 5.78 Å². The Kier molecular flexibility index (Phi) is 6.65. The monoisotopic (exact) mass is 445 g/mol. The standard InChI is InChI=1S/C20H14F3N5O2S/c21-11-6-12(22)17(13(23)7-11)18(29)10-5-15(27-8-10)20(30)28-9-16(24)31-19(25)14-3-1-2-4-26-14/h1-8,24-25,27H,9H2,(H,28,30). The van der Waals surface area contributed by atoms with Gasteiger partial charge in [-0.1, -0.05) is 17.8 Å². The van der Waals surface area contributed by atoms with Gasteiger partial charge in [0.05, 0.1) is 22.8 Å².